The lowest BCUT2D eigenvalue weighted by Crippen LogP contribution is -2.52. The summed E-state index contributed by atoms with van der Waals surface area (Å²) in [6.45, 7) is 10.2. The first-order valence-electron chi connectivity index (χ1n) is 8.28. The van der Waals surface area contributed by atoms with Crippen molar-refractivity contribution in [2.24, 2.45) is 5.41 Å². The van der Waals surface area contributed by atoms with Crippen LogP contribution in [0.2, 0.25) is 5.02 Å². The Labute approximate surface area is 160 Å². The van der Waals surface area contributed by atoms with E-state index < -0.39 is 0 Å². The van der Waals surface area contributed by atoms with E-state index in [0.29, 0.717) is 29.2 Å². The van der Waals surface area contributed by atoms with Crippen LogP contribution in [0.1, 0.15) is 44.5 Å². The summed E-state index contributed by atoms with van der Waals surface area (Å²) in [7, 11) is 0. The van der Waals surface area contributed by atoms with Crippen LogP contribution < -0.4 is 10.6 Å². The average molecular weight is 388 g/mol. The highest BCUT2D eigenvalue weighted by Gasteiger charge is 2.26. The van der Waals surface area contributed by atoms with Crippen LogP contribution >= 0.6 is 24.0 Å². The van der Waals surface area contributed by atoms with Crippen molar-refractivity contribution in [1.82, 2.24) is 10.2 Å². The van der Waals surface area contributed by atoms with Crippen LogP contribution in [0, 0.1) is 5.41 Å². The summed E-state index contributed by atoms with van der Waals surface area (Å²) in [5.74, 6) is -0.167. The smallest absolute Gasteiger partial charge is 0.255 e. The van der Waals surface area contributed by atoms with E-state index in [1.54, 1.807) is 18.2 Å². The maximum atomic E-state index is 12.8. The van der Waals surface area contributed by atoms with Crippen LogP contribution in [0.25, 0.3) is 0 Å². The number of nitrogens with zero attached hydrogens (tertiary/aromatic N) is 1. The van der Waals surface area contributed by atoms with E-state index in [9.17, 15) is 9.59 Å². The van der Waals surface area contributed by atoms with E-state index in [4.69, 9.17) is 11.6 Å². The van der Waals surface area contributed by atoms with Crippen molar-refractivity contribution >= 4 is 41.5 Å². The number of hydrogen-bond donors (Lipinski definition) is 2. The van der Waals surface area contributed by atoms with Gasteiger partial charge in [-0.15, -0.1) is 12.4 Å². The molecule has 0 saturated carbocycles. The topological polar surface area (TPSA) is 61.4 Å². The van der Waals surface area contributed by atoms with Gasteiger partial charge in [-0.05, 0) is 30.5 Å². The summed E-state index contributed by atoms with van der Waals surface area (Å²) in [5, 5.41) is 6.52. The highest BCUT2D eigenvalue weighted by Crippen LogP contribution is 2.25. The lowest BCUT2D eigenvalue weighted by Gasteiger charge is -2.34. The molecule has 1 saturated heterocycles. The zero-order valence-corrected chi connectivity index (χ0v) is 16.8. The van der Waals surface area contributed by atoms with Gasteiger partial charge in [0.15, 0.2) is 0 Å². The molecule has 0 aliphatic carbocycles. The molecule has 1 atom stereocenters. The number of halogens is 2. The second-order valence-corrected chi connectivity index (χ2v) is 7.94. The van der Waals surface area contributed by atoms with Crippen LogP contribution in [0.5, 0.6) is 0 Å². The fourth-order valence-electron chi connectivity index (χ4n) is 2.75. The molecule has 2 amide bonds. The van der Waals surface area contributed by atoms with Gasteiger partial charge in [-0.25, -0.2) is 0 Å². The Morgan fingerprint density at radius 2 is 2.04 bits per heavy atom. The number of piperazine rings is 1. The lowest BCUT2D eigenvalue weighted by molar-refractivity contribution is -0.117. The first-order chi connectivity index (χ1) is 11.2. The van der Waals surface area contributed by atoms with Gasteiger partial charge in [-0.2, -0.15) is 0 Å². The summed E-state index contributed by atoms with van der Waals surface area (Å²) >= 11 is 6.23. The van der Waals surface area contributed by atoms with E-state index in [1.807, 2.05) is 32.6 Å². The van der Waals surface area contributed by atoms with E-state index in [2.05, 4.69) is 10.6 Å². The molecule has 1 aromatic carbocycles. The Morgan fingerprint density at radius 3 is 2.64 bits per heavy atom. The number of anilines is 1. The van der Waals surface area contributed by atoms with Gasteiger partial charge in [-0.3, -0.25) is 9.59 Å². The molecule has 25 heavy (non-hydrogen) atoms. The summed E-state index contributed by atoms with van der Waals surface area (Å²) < 4.78 is 0. The fraction of sp³-hybridized carbons (Fsp3) is 0.556. The number of carbonyl (C=O) groups is 2. The maximum absolute atomic E-state index is 12.8. The number of hydrogen-bond acceptors (Lipinski definition) is 3. The van der Waals surface area contributed by atoms with Gasteiger partial charge in [0.1, 0.15) is 0 Å². The monoisotopic (exact) mass is 387 g/mol. The molecule has 2 rings (SSSR count). The van der Waals surface area contributed by atoms with Gasteiger partial charge >= 0.3 is 0 Å². The number of rotatable bonds is 3. The average Bonchev–Trinajstić information content (AvgIpc) is 2.47. The van der Waals surface area contributed by atoms with Gasteiger partial charge in [0.25, 0.3) is 5.91 Å². The molecule has 1 aliphatic rings. The van der Waals surface area contributed by atoms with Crippen LogP contribution in [0.15, 0.2) is 18.2 Å². The number of nitrogens with one attached hydrogen (secondary N) is 2. The molecule has 0 unspecified atom stereocenters. The van der Waals surface area contributed by atoms with Gasteiger partial charge in [0.05, 0.1) is 10.6 Å². The van der Waals surface area contributed by atoms with E-state index in [-0.39, 0.29) is 35.7 Å². The number of amides is 2. The molecule has 1 aromatic rings. The Hall–Kier alpha value is -1.30. The third-order valence-corrected chi connectivity index (χ3v) is 4.26. The normalized spacial score (nSPS) is 17.6. The number of carbonyl (C=O) groups excluding carboxylic acids is 2. The Morgan fingerprint density at radius 1 is 1.36 bits per heavy atom. The molecule has 2 N–H and O–H groups in total. The summed E-state index contributed by atoms with van der Waals surface area (Å²) in [6.07, 6.45) is 0.410. The number of benzene rings is 1. The molecule has 140 valence electrons. The first kappa shape index (κ1) is 21.7. The SMILES string of the molecule is C[C@H]1CNCCN1C(=O)c1cc(NC(=O)CC(C)(C)C)ccc1Cl.Cl. The van der Waals surface area contributed by atoms with E-state index >= 15 is 0 Å². The molecule has 1 fully saturated rings. The van der Waals surface area contributed by atoms with Crippen molar-refractivity contribution in [1.29, 1.82) is 0 Å². The van der Waals surface area contributed by atoms with E-state index in [1.165, 1.54) is 0 Å². The van der Waals surface area contributed by atoms with Gasteiger partial charge in [0.2, 0.25) is 5.91 Å². The third-order valence-electron chi connectivity index (χ3n) is 3.93. The molecule has 1 heterocycles. The molecule has 0 radical (unpaired) electrons. The third kappa shape index (κ3) is 6.17. The standard InChI is InChI=1S/C18H26ClN3O2.ClH/c1-12-11-20-7-8-22(12)17(24)14-9-13(5-6-15(14)19)21-16(23)10-18(2,3)4;/h5-6,9,12,20H,7-8,10-11H2,1-4H3,(H,21,23);1H/t12-;/m0./s1. The second kappa shape index (κ2) is 8.88. The van der Waals surface area contributed by atoms with Crippen LogP contribution in [-0.4, -0.2) is 42.4 Å². The highest BCUT2D eigenvalue weighted by molar-refractivity contribution is 6.34. The quantitative estimate of drug-likeness (QED) is 0.832. The van der Waals surface area contributed by atoms with Gasteiger partial charge < -0.3 is 15.5 Å². The molecule has 0 aromatic heterocycles. The van der Waals surface area contributed by atoms with Crippen molar-refractivity contribution in [3.63, 3.8) is 0 Å². The van der Waals surface area contributed by atoms with Crippen LogP contribution in [0.4, 0.5) is 5.69 Å². The summed E-state index contributed by atoms with van der Waals surface area (Å²) in [6, 6.07) is 5.16. The van der Waals surface area contributed by atoms with Gasteiger partial charge in [0, 0.05) is 37.8 Å². The van der Waals surface area contributed by atoms with Crippen molar-refractivity contribution in [3.8, 4) is 0 Å². The second-order valence-electron chi connectivity index (χ2n) is 7.53. The minimum absolute atomic E-state index is 0. The predicted molar refractivity (Wildman–Crippen MR) is 105 cm³/mol. The zero-order chi connectivity index (χ0) is 17.9. The predicted octanol–water partition coefficient (Wildman–Crippen LogP) is 3.57. The summed E-state index contributed by atoms with van der Waals surface area (Å²) in [5.41, 5.74) is 0.935. The maximum Gasteiger partial charge on any atom is 0.255 e. The van der Waals surface area contributed by atoms with Crippen molar-refractivity contribution in [2.45, 2.75) is 40.2 Å². The Balaban J connectivity index is 0.00000312. The van der Waals surface area contributed by atoms with Crippen molar-refractivity contribution in [3.05, 3.63) is 28.8 Å². The van der Waals surface area contributed by atoms with E-state index in [0.717, 1.165) is 13.1 Å². The van der Waals surface area contributed by atoms with Crippen molar-refractivity contribution < 1.29 is 9.59 Å². The molecule has 0 bridgehead atoms. The molecular weight excluding hydrogens is 361 g/mol. The zero-order valence-electron chi connectivity index (χ0n) is 15.2. The fourth-order valence-corrected chi connectivity index (χ4v) is 2.95. The highest BCUT2D eigenvalue weighted by atomic mass is 35.5. The minimum Gasteiger partial charge on any atom is -0.333 e. The molecule has 7 heteroatoms. The van der Waals surface area contributed by atoms with Crippen LogP contribution in [0.3, 0.4) is 0 Å². The molecule has 1 aliphatic heterocycles. The van der Waals surface area contributed by atoms with Crippen molar-refractivity contribution in [2.75, 3.05) is 25.0 Å². The summed E-state index contributed by atoms with van der Waals surface area (Å²) in [4.78, 5) is 26.7. The Kier molecular flexibility index (Phi) is 7.72. The first-order valence-corrected chi connectivity index (χ1v) is 8.66. The minimum atomic E-state index is -0.0964. The molecular formula is C18H27Cl2N3O2. The Bertz CT molecular complexity index is 629. The van der Waals surface area contributed by atoms with Crippen LogP contribution in [-0.2, 0) is 4.79 Å². The largest absolute Gasteiger partial charge is 0.333 e. The lowest BCUT2D eigenvalue weighted by atomic mass is 9.92. The van der Waals surface area contributed by atoms with Gasteiger partial charge in [-0.1, -0.05) is 32.4 Å². The molecule has 5 nitrogen and oxygen atoms in total. The molecule has 0 spiro atoms.